The van der Waals surface area contributed by atoms with E-state index >= 15 is 0 Å². The molecule has 0 aliphatic rings. The molecule has 0 spiro atoms. The Balaban J connectivity index is 1.76. The zero-order chi connectivity index (χ0) is 22.4. The molecule has 1 aromatic heterocycles. The highest BCUT2D eigenvalue weighted by atomic mass is 32.2. The van der Waals surface area contributed by atoms with E-state index in [1.807, 2.05) is 38.1 Å². The summed E-state index contributed by atoms with van der Waals surface area (Å²) < 4.78 is 25.6. The van der Waals surface area contributed by atoms with E-state index in [0.717, 1.165) is 11.1 Å². The number of carbonyl (C=O) groups excluding carboxylic acids is 1. The lowest BCUT2D eigenvalue weighted by Gasteiger charge is -2.28. The smallest absolute Gasteiger partial charge is 0.319 e. The number of amides is 2. The minimum atomic E-state index is -3.28. The second kappa shape index (κ2) is 9.74. The third kappa shape index (κ3) is 5.49. The summed E-state index contributed by atoms with van der Waals surface area (Å²) in [6.45, 7) is 5.61. The van der Waals surface area contributed by atoms with Crippen LogP contribution in [0.25, 0.3) is 0 Å². The van der Waals surface area contributed by atoms with Gasteiger partial charge in [0, 0.05) is 5.69 Å². The maximum absolute atomic E-state index is 12.7. The van der Waals surface area contributed by atoms with Crippen LogP contribution >= 0.6 is 0 Å². The van der Waals surface area contributed by atoms with E-state index in [1.165, 1.54) is 18.5 Å². The molecule has 0 saturated heterocycles. The Bertz CT molecular complexity index is 1100. The van der Waals surface area contributed by atoms with Gasteiger partial charge in [0.25, 0.3) is 0 Å². The maximum atomic E-state index is 12.7. The van der Waals surface area contributed by atoms with Crippen LogP contribution in [0.5, 0.6) is 0 Å². The van der Waals surface area contributed by atoms with Crippen LogP contribution in [0.4, 0.5) is 10.5 Å². The molecule has 2 unspecified atom stereocenters. The first kappa shape index (κ1) is 22.5. The Morgan fingerprint density at radius 2 is 1.74 bits per heavy atom. The van der Waals surface area contributed by atoms with Crippen molar-refractivity contribution in [2.24, 2.45) is 0 Å². The molecule has 31 heavy (non-hydrogen) atoms. The van der Waals surface area contributed by atoms with Crippen LogP contribution in [0.1, 0.15) is 37.4 Å². The van der Waals surface area contributed by atoms with Crippen LogP contribution in [0.2, 0.25) is 0 Å². The molecule has 8 nitrogen and oxygen atoms in total. The predicted molar refractivity (Wildman–Crippen MR) is 120 cm³/mol. The van der Waals surface area contributed by atoms with Gasteiger partial charge in [-0.05, 0) is 43.2 Å². The molecule has 0 radical (unpaired) electrons. The molecule has 9 heteroatoms. The summed E-state index contributed by atoms with van der Waals surface area (Å²) >= 11 is 0. The minimum Gasteiger partial charge on any atom is -0.333 e. The van der Waals surface area contributed by atoms with Gasteiger partial charge in [-0.1, -0.05) is 43.7 Å². The van der Waals surface area contributed by atoms with Gasteiger partial charge < -0.3 is 10.6 Å². The quantitative estimate of drug-likeness (QED) is 0.556. The molecule has 164 valence electrons. The number of benzene rings is 2. The van der Waals surface area contributed by atoms with Gasteiger partial charge in [-0.2, -0.15) is 5.10 Å². The number of rotatable bonds is 8. The van der Waals surface area contributed by atoms with Gasteiger partial charge in [0.2, 0.25) is 0 Å². The van der Waals surface area contributed by atoms with Gasteiger partial charge in [-0.25, -0.2) is 22.9 Å². The largest absolute Gasteiger partial charge is 0.333 e. The zero-order valence-corrected chi connectivity index (χ0v) is 18.6. The number of carbonyl (C=O) groups is 1. The van der Waals surface area contributed by atoms with Crippen molar-refractivity contribution in [2.75, 3.05) is 11.1 Å². The van der Waals surface area contributed by atoms with E-state index < -0.39 is 9.84 Å². The number of hydrogen-bond donors (Lipinski definition) is 2. The lowest BCUT2D eigenvalue weighted by Crippen LogP contribution is -2.43. The summed E-state index contributed by atoms with van der Waals surface area (Å²) in [6, 6.07) is 13.4. The van der Waals surface area contributed by atoms with Gasteiger partial charge in [0.05, 0.1) is 22.7 Å². The topological polar surface area (TPSA) is 106 Å². The van der Waals surface area contributed by atoms with Crippen molar-refractivity contribution in [3.8, 4) is 0 Å². The molecular formula is C22H27N5O3S. The van der Waals surface area contributed by atoms with Gasteiger partial charge in [0.15, 0.2) is 9.84 Å². The van der Waals surface area contributed by atoms with E-state index in [1.54, 1.807) is 30.1 Å². The Hall–Kier alpha value is -3.20. The van der Waals surface area contributed by atoms with E-state index in [0.29, 0.717) is 12.1 Å². The average molecular weight is 442 g/mol. The molecule has 0 bridgehead atoms. The molecule has 3 aromatic rings. The van der Waals surface area contributed by atoms with Gasteiger partial charge in [0.1, 0.15) is 12.7 Å². The number of nitrogens with zero attached hydrogens (tertiary/aromatic N) is 3. The Kier molecular flexibility index (Phi) is 7.06. The molecule has 0 aliphatic carbocycles. The number of sulfone groups is 1. The zero-order valence-electron chi connectivity index (χ0n) is 17.8. The van der Waals surface area contributed by atoms with E-state index in [2.05, 4.69) is 20.7 Å². The van der Waals surface area contributed by atoms with Crippen molar-refractivity contribution < 1.29 is 13.2 Å². The molecule has 1 heterocycles. The second-order valence-corrected chi connectivity index (χ2v) is 9.55. The third-order valence-corrected chi connectivity index (χ3v) is 6.88. The summed E-state index contributed by atoms with van der Waals surface area (Å²) in [5.74, 6) is 0.0289. The van der Waals surface area contributed by atoms with Gasteiger partial charge in [-0.3, -0.25) is 0 Å². The standard InChI is InChI=1S/C22H27N5O3S/c1-4-20(21(27-15-23-14-24-27)17-8-6-16(3)7-9-17)26-22(28)25-18-10-12-19(13-11-18)31(29,30)5-2/h6-15,20-21H,4-5H2,1-3H3,(H2,25,26,28). The number of aromatic nitrogens is 3. The average Bonchev–Trinajstić information content (AvgIpc) is 3.29. The summed E-state index contributed by atoms with van der Waals surface area (Å²) in [5, 5.41) is 10.1. The molecular weight excluding hydrogens is 414 g/mol. The fourth-order valence-corrected chi connectivity index (χ4v) is 4.23. The molecule has 2 atom stereocenters. The Labute approximate surface area is 182 Å². The highest BCUT2D eigenvalue weighted by Gasteiger charge is 2.26. The van der Waals surface area contributed by atoms with Crippen LogP contribution in [0.15, 0.2) is 66.1 Å². The van der Waals surface area contributed by atoms with Crippen LogP contribution in [0.3, 0.4) is 0 Å². The van der Waals surface area contributed by atoms with Crippen molar-refractivity contribution in [3.63, 3.8) is 0 Å². The van der Waals surface area contributed by atoms with Crippen molar-refractivity contribution in [1.82, 2.24) is 20.1 Å². The maximum Gasteiger partial charge on any atom is 0.319 e. The Morgan fingerprint density at radius 3 is 2.29 bits per heavy atom. The van der Waals surface area contributed by atoms with Crippen molar-refractivity contribution >= 4 is 21.6 Å². The number of aryl methyl sites for hydroxylation is 1. The van der Waals surface area contributed by atoms with E-state index in [4.69, 9.17) is 0 Å². The van der Waals surface area contributed by atoms with Crippen LogP contribution < -0.4 is 10.6 Å². The summed E-state index contributed by atoms with van der Waals surface area (Å²) in [6.07, 6.45) is 3.78. The first-order chi connectivity index (χ1) is 14.8. The fourth-order valence-electron chi connectivity index (χ4n) is 3.35. The molecule has 0 fully saturated rings. The highest BCUT2D eigenvalue weighted by molar-refractivity contribution is 7.91. The predicted octanol–water partition coefficient (Wildman–Crippen LogP) is 3.57. The summed E-state index contributed by atoms with van der Waals surface area (Å²) in [7, 11) is -3.28. The lowest BCUT2D eigenvalue weighted by atomic mass is 9.96. The van der Waals surface area contributed by atoms with Crippen molar-refractivity contribution in [3.05, 3.63) is 72.3 Å². The van der Waals surface area contributed by atoms with Gasteiger partial charge >= 0.3 is 6.03 Å². The van der Waals surface area contributed by atoms with Crippen LogP contribution in [-0.2, 0) is 9.84 Å². The Morgan fingerprint density at radius 1 is 1.06 bits per heavy atom. The van der Waals surface area contributed by atoms with Crippen LogP contribution in [0, 0.1) is 6.92 Å². The van der Waals surface area contributed by atoms with Crippen LogP contribution in [-0.4, -0.2) is 41.0 Å². The van der Waals surface area contributed by atoms with Crippen molar-refractivity contribution in [1.29, 1.82) is 0 Å². The molecule has 3 rings (SSSR count). The summed E-state index contributed by atoms with van der Waals surface area (Å²) in [4.78, 5) is 17.0. The monoisotopic (exact) mass is 441 g/mol. The first-order valence-electron chi connectivity index (χ1n) is 10.1. The number of urea groups is 1. The SMILES string of the molecule is CCC(NC(=O)Nc1ccc(S(=O)(=O)CC)cc1)C(c1ccc(C)cc1)n1cncn1. The molecule has 2 aromatic carbocycles. The van der Waals surface area contributed by atoms with Crippen molar-refractivity contribution in [2.45, 2.75) is 44.2 Å². The number of hydrogen-bond acceptors (Lipinski definition) is 5. The molecule has 0 aliphatic heterocycles. The molecule has 2 amide bonds. The number of anilines is 1. The first-order valence-corrected chi connectivity index (χ1v) is 11.8. The molecule has 0 saturated carbocycles. The van der Waals surface area contributed by atoms with Gasteiger partial charge in [-0.15, -0.1) is 0 Å². The van der Waals surface area contributed by atoms with E-state index in [-0.39, 0.29) is 28.8 Å². The third-order valence-electron chi connectivity index (χ3n) is 5.13. The lowest BCUT2D eigenvalue weighted by molar-refractivity contribution is 0.243. The molecule has 2 N–H and O–H groups in total. The minimum absolute atomic E-state index is 0.0289. The normalized spacial score (nSPS) is 13.4. The fraction of sp³-hybridized carbons (Fsp3) is 0.318. The van der Waals surface area contributed by atoms with E-state index in [9.17, 15) is 13.2 Å². The number of nitrogens with one attached hydrogen (secondary N) is 2. The summed E-state index contributed by atoms with van der Waals surface area (Å²) in [5.41, 5.74) is 2.67. The highest BCUT2D eigenvalue weighted by Crippen LogP contribution is 2.24. The second-order valence-electron chi connectivity index (χ2n) is 7.27.